The van der Waals surface area contributed by atoms with E-state index in [0.29, 0.717) is 12.5 Å². The second-order valence-corrected chi connectivity index (χ2v) is 8.65. The van der Waals surface area contributed by atoms with Gasteiger partial charge in [-0.1, -0.05) is 16.6 Å². The number of benzene rings is 1. The van der Waals surface area contributed by atoms with Crippen LogP contribution in [0.2, 0.25) is 0 Å². The lowest BCUT2D eigenvalue weighted by molar-refractivity contribution is -0.133. The topological polar surface area (TPSA) is 52.6 Å². The highest BCUT2D eigenvalue weighted by Gasteiger charge is 2.27. The molecule has 0 aliphatic carbocycles. The van der Waals surface area contributed by atoms with E-state index in [1.807, 2.05) is 16.3 Å². The minimum Gasteiger partial charge on any atom is -0.341 e. The predicted molar refractivity (Wildman–Crippen MR) is 111 cm³/mol. The van der Waals surface area contributed by atoms with Gasteiger partial charge in [-0.15, -0.1) is 5.10 Å². The van der Waals surface area contributed by atoms with Crippen LogP contribution in [0.15, 0.2) is 29.6 Å². The fourth-order valence-electron chi connectivity index (χ4n) is 4.32. The molecular weight excluding hydrogens is 389 g/mol. The third-order valence-electron chi connectivity index (χ3n) is 5.90. The lowest BCUT2D eigenvalue weighted by Gasteiger charge is -2.33. The summed E-state index contributed by atoms with van der Waals surface area (Å²) in [5.74, 6) is 0.353. The van der Waals surface area contributed by atoms with Gasteiger partial charge >= 0.3 is 0 Å². The molecule has 1 aromatic carbocycles. The minimum absolute atomic E-state index is 0.183. The third-order valence-corrected chi connectivity index (χ3v) is 6.43. The van der Waals surface area contributed by atoms with E-state index in [1.165, 1.54) is 17.6 Å². The summed E-state index contributed by atoms with van der Waals surface area (Å²) in [6.07, 6.45) is 3.12. The van der Waals surface area contributed by atoms with Gasteiger partial charge in [-0.05, 0) is 61.6 Å². The van der Waals surface area contributed by atoms with Gasteiger partial charge in [0.15, 0.2) is 0 Å². The molecule has 1 aromatic heterocycles. The normalized spacial score (nSPS) is 21.8. The van der Waals surface area contributed by atoms with E-state index in [0.717, 1.165) is 76.3 Å². The number of nitrogens with zero attached hydrogens (tertiary/aromatic N) is 5. The van der Waals surface area contributed by atoms with E-state index < -0.39 is 0 Å². The van der Waals surface area contributed by atoms with Crippen molar-refractivity contribution in [2.75, 3.05) is 45.8 Å². The van der Waals surface area contributed by atoms with E-state index >= 15 is 0 Å². The van der Waals surface area contributed by atoms with Crippen LogP contribution in [0.3, 0.4) is 0 Å². The number of piperidine rings is 1. The molecule has 6 nitrogen and oxygen atoms in total. The highest BCUT2D eigenvalue weighted by atomic mass is 32.1. The van der Waals surface area contributed by atoms with Crippen molar-refractivity contribution in [2.45, 2.75) is 31.7 Å². The van der Waals surface area contributed by atoms with Gasteiger partial charge in [-0.3, -0.25) is 14.6 Å². The Kier molecular flexibility index (Phi) is 6.84. The highest BCUT2D eigenvalue weighted by molar-refractivity contribution is 7.03. The van der Waals surface area contributed by atoms with Crippen molar-refractivity contribution in [3.05, 3.63) is 46.7 Å². The lowest BCUT2D eigenvalue weighted by atomic mass is 9.95. The first kappa shape index (κ1) is 20.4. The zero-order chi connectivity index (χ0) is 20.1. The average molecular weight is 418 g/mol. The molecule has 0 N–H and O–H groups in total. The summed E-state index contributed by atoms with van der Waals surface area (Å²) in [7, 11) is 0. The molecule has 0 bridgehead atoms. The fourth-order valence-corrected chi connectivity index (χ4v) is 4.86. The van der Waals surface area contributed by atoms with Crippen LogP contribution in [-0.2, 0) is 11.3 Å². The van der Waals surface area contributed by atoms with Crippen molar-refractivity contribution in [2.24, 2.45) is 0 Å². The van der Waals surface area contributed by atoms with E-state index in [4.69, 9.17) is 0 Å². The molecule has 3 heterocycles. The Labute approximate surface area is 175 Å². The molecule has 2 aliphatic heterocycles. The number of halogens is 1. The Hall–Kier alpha value is -1.90. The van der Waals surface area contributed by atoms with Gasteiger partial charge in [-0.25, -0.2) is 4.39 Å². The monoisotopic (exact) mass is 417 g/mol. The molecule has 0 radical (unpaired) electrons. The highest BCUT2D eigenvalue weighted by Crippen LogP contribution is 2.26. The molecule has 0 spiro atoms. The van der Waals surface area contributed by atoms with Crippen molar-refractivity contribution in [1.82, 2.24) is 24.3 Å². The molecule has 156 valence electrons. The summed E-state index contributed by atoms with van der Waals surface area (Å²) in [5, 5.41) is 6.20. The third kappa shape index (κ3) is 5.58. The van der Waals surface area contributed by atoms with E-state index in [1.54, 1.807) is 12.1 Å². The second-order valence-electron chi connectivity index (χ2n) is 8.04. The number of carbonyl (C=O) groups is 1. The van der Waals surface area contributed by atoms with E-state index in [9.17, 15) is 9.18 Å². The minimum atomic E-state index is -0.183. The Morgan fingerprint density at radius 1 is 1.14 bits per heavy atom. The molecule has 2 aliphatic rings. The quantitative estimate of drug-likeness (QED) is 0.749. The second kappa shape index (κ2) is 9.73. The largest absolute Gasteiger partial charge is 0.341 e. The molecule has 29 heavy (non-hydrogen) atoms. The molecule has 1 atom stereocenters. The number of aromatic nitrogens is 2. The molecule has 8 heteroatoms. The molecule has 2 saturated heterocycles. The van der Waals surface area contributed by atoms with Gasteiger partial charge in [0.1, 0.15) is 5.82 Å². The zero-order valence-electron chi connectivity index (χ0n) is 16.7. The maximum atomic E-state index is 13.4. The van der Waals surface area contributed by atoms with Crippen LogP contribution in [0, 0.1) is 5.82 Å². The number of rotatable bonds is 5. The van der Waals surface area contributed by atoms with E-state index in [-0.39, 0.29) is 11.7 Å². The lowest BCUT2D eigenvalue weighted by Crippen LogP contribution is -2.45. The number of carbonyl (C=O) groups excluding carboxylic acids is 1. The van der Waals surface area contributed by atoms with Crippen LogP contribution in [0.5, 0.6) is 0 Å². The Morgan fingerprint density at radius 3 is 2.83 bits per heavy atom. The first-order valence-corrected chi connectivity index (χ1v) is 11.2. The summed E-state index contributed by atoms with van der Waals surface area (Å²) in [6.45, 7) is 6.51. The van der Waals surface area contributed by atoms with Crippen molar-refractivity contribution >= 4 is 17.4 Å². The smallest absolute Gasteiger partial charge is 0.236 e. The van der Waals surface area contributed by atoms with Crippen LogP contribution in [0.1, 0.15) is 36.4 Å². The fraction of sp³-hybridized carbons (Fsp3) is 0.571. The van der Waals surface area contributed by atoms with Crippen LogP contribution in [0.25, 0.3) is 0 Å². The average Bonchev–Trinajstić information content (AvgIpc) is 3.18. The van der Waals surface area contributed by atoms with Gasteiger partial charge in [-0.2, -0.15) is 0 Å². The summed E-state index contributed by atoms with van der Waals surface area (Å²) >= 11 is 1.38. The van der Waals surface area contributed by atoms with Crippen molar-refractivity contribution in [3.63, 3.8) is 0 Å². The summed E-state index contributed by atoms with van der Waals surface area (Å²) in [6, 6.07) is 6.83. The summed E-state index contributed by atoms with van der Waals surface area (Å²) < 4.78 is 17.4. The van der Waals surface area contributed by atoms with Crippen molar-refractivity contribution in [3.8, 4) is 0 Å². The van der Waals surface area contributed by atoms with Crippen LogP contribution in [0.4, 0.5) is 4.39 Å². The molecule has 0 saturated carbocycles. The van der Waals surface area contributed by atoms with Gasteiger partial charge in [0.25, 0.3) is 0 Å². The van der Waals surface area contributed by atoms with Gasteiger partial charge in [0, 0.05) is 44.0 Å². The summed E-state index contributed by atoms with van der Waals surface area (Å²) in [4.78, 5) is 19.5. The number of likely N-dealkylation sites (tertiary alicyclic amines) is 1. The first-order valence-electron chi connectivity index (χ1n) is 10.4. The molecule has 2 aromatic rings. The van der Waals surface area contributed by atoms with E-state index in [2.05, 4.69) is 19.4 Å². The molecular formula is C21H28FN5OS. The Bertz CT molecular complexity index is 802. The van der Waals surface area contributed by atoms with Crippen molar-refractivity contribution in [1.29, 1.82) is 0 Å². The maximum absolute atomic E-state index is 13.4. The SMILES string of the molecule is O=C(CN1CCCN(Cc2cccc(F)c2)CC1)N1CCC[C@H](c2csnn2)C1. The number of hydrogen-bond donors (Lipinski definition) is 0. The van der Waals surface area contributed by atoms with Crippen LogP contribution >= 0.6 is 11.5 Å². The van der Waals surface area contributed by atoms with Gasteiger partial charge in [0.2, 0.25) is 5.91 Å². The molecule has 4 rings (SSSR count). The van der Waals surface area contributed by atoms with Crippen LogP contribution in [-0.4, -0.2) is 76.0 Å². The Balaban J connectivity index is 1.27. The summed E-state index contributed by atoms with van der Waals surface area (Å²) in [5.41, 5.74) is 2.03. The van der Waals surface area contributed by atoms with Crippen molar-refractivity contribution < 1.29 is 9.18 Å². The maximum Gasteiger partial charge on any atom is 0.236 e. The molecule has 0 unspecified atom stereocenters. The predicted octanol–water partition coefficient (Wildman–Crippen LogP) is 2.59. The first-order chi connectivity index (χ1) is 14.2. The van der Waals surface area contributed by atoms with Gasteiger partial charge < -0.3 is 4.90 Å². The number of amides is 1. The molecule has 2 fully saturated rings. The van der Waals surface area contributed by atoms with Gasteiger partial charge in [0.05, 0.1) is 12.2 Å². The zero-order valence-corrected chi connectivity index (χ0v) is 17.5. The van der Waals surface area contributed by atoms with Crippen LogP contribution < -0.4 is 0 Å². The Morgan fingerprint density at radius 2 is 2.00 bits per heavy atom. The standard InChI is InChI=1S/C21H28FN5OS/c22-19-6-1-4-17(12-19)13-25-7-3-8-26(11-10-25)15-21(28)27-9-2-5-18(14-27)20-16-29-24-23-20/h1,4,6,12,16,18H,2-3,5,7-11,13-15H2/t18-/m0/s1. The molecule has 1 amide bonds. The number of hydrogen-bond acceptors (Lipinski definition) is 6.